The molecule has 2 aliphatic carbocycles. The fourth-order valence-corrected chi connectivity index (χ4v) is 21.2. The van der Waals surface area contributed by atoms with Gasteiger partial charge < -0.3 is 0 Å². The zero-order valence-electron chi connectivity index (χ0n) is 72.2. The van der Waals surface area contributed by atoms with Crippen LogP contribution in [0.15, 0.2) is 207 Å². The van der Waals surface area contributed by atoms with Crippen molar-refractivity contribution in [3.05, 3.63) is 251 Å². The average molecular weight is 1620 g/mol. The number of aromatic nitrogens is 4. The van der Waals surface area contributed by atoms with Crippen molar-refractivity contribution < 1.29 is 0 Å². The number of pyridine rings is 2. The van der Waals surface area contributed by atoms with E-state index in [0.717, 1.165) is 47.8 Å². The normalized spacial score (nSPS) is 13.2. The van der Waals surface area contributed by atoms with Crippen molar-refractivity contribution in [1.82, 2.24) is 17.9 Å². The first-order valence-electron chi connectivity index (χ1n) is 47.2. The van der Waals surface area contributed by atoms with Crippen LogP contribution in [0.1, 0.15) is 355 Å². The van der Waals surface area contributed by atoms with Crippen molar-refractivity contribution >= 4 is 50.3 Å². The number of benzene rings is 8. The summed E-state index contributed by atoms with van der Waals surface area (Å²) < 4.78 is 10.5. The number of nitrogens with zero attached hydrogens (tertiary/aromatic N) is 4. The third-order valence-corrected chi connectivity index (χ3v) is 27.7. The molecule has 0 radical (unpaired) electrons. The van der Waals surface area contributed by atoms with Crippen molar-refractivity contribution in [2.24, 2.45) is 0 Å². The summed E-state index contributed by atoms with van der Waals surface area (Å²) in [5.74, 6) is 0. The second kappa shape index (κ2) is 46.3. The number of hydrogen-bond donors (Lipinski definition) is 0. The molecule has 0 spiro atoms. The Hall–Kier alpha value is -8.34. The van der Waals surface area contributed by atoms with Gasteiger partial charge in [-0.3, -0.25) is 9.97 Å². The second-order valence-corrected chi connectivity index (χ2v) is 36.2. The van der Waals surface area contributed by atoms with E-state index in [9.17, 15) is 0 Å². The predicted molar refractivity (Wildman–Crippen MR) is 508 cm³/mol. The number of unbranched alkanes of at least 4 members (excludes halogenated alkanes) is 36. The molecule has 13 rings (SSSR count). The Balaban J connectivity index is 0.939. The molecule has 0 atom stereocenters. The van der Waals surface area contributed by atoms with E-state index < -0.39 is 0 Å². The molecule has 0 N–H and O–H groups in total. The molecule has 2 aliphatic rings. The molecular formula is C112H138N4Se. The second-order valence-electron chi connectivity index (χ2n) is 35.0. The van der Waals surface area contributed by atoms with Crippen molar-refractivity contribution in [1.29, 1.82) is 0 Å². The summed E-state index contributed by atoms with van der Waals surface area (Å²) in [6.45, 7) is 9.33. The van der Waals surface area contributed by atoms with Crippen LogP contribution in [0.2, 0.25) is 0 Å². The van der Waals surface area contributed by atoms with Crippen LogP contribution in [0.3, 0.4) is 0 Å². The number of fused-ring (bicyclic) bond motifs is 7. The van der Waals surface area contributed by atoms with Crippen molar-refractivity contribution in [2.75, 3.05) is 0 Å². The van der Waals surface area contributed by atoms with Crippen molar-refractivity contribution in [2.45, 2.75) is 321 Å². The average Bonchev–Trinajstić information content (AvgIpc) is 1.48. The van der Waals surface area contributed by atoms with Gasteiger partial charge >= 0.3 is 250 Å². The molecule has 0 unspecified atom stereocenters. The zero-order chi connectivity index (χ0) is 80.4. The summed E-state index contributed by atoms with van der Waals surface area (Å²) in [6, 6.07) is 71.2. The SMILES string of the molecule is CCCCCCCCCCCCC1(CCCCCCCCCCCC)c2cc(-c3ccccc3)ccc2-c2ccc(-c3cc(/C=C/c4ccncc4)c(-c4ccc5c(c4)C(CCCCCCCCCCCC)(CCCCCCCCCCCC)c4cc(-c6ccc(-c7ccccc7)c7n[se]nc67)ccc4-5)cc3/C=C/c3ccncc3)cc21. The quantitative estimate of drug-likeness (QED) is 0.0282. The van der Waals surface area contributed by atoms with Crippen LogP contribution < -0.4 is 0 Å². The van der Waals surface area contributed by atoms with Gasteiger partial charge in [-0.25, -0.2) is 0 Å². The van der Waals surface area contributed by atoms with Crippen LogP contribution >= 0.6 is 0 Å². The van der Waals surface area contributed by atoms with Gasteiger partial charge in [-0.15, -0.1) is 0 Å². The van der Waals surface area contributed by atoms with Crippen molar-refractivity contribution in [3.63, 3.8) is 0 Å². The molecule has 4 nitrogen and oxygen atoms in total. The first kappa shape index (κ1) is 86.5. The summed E-state index contributed by atoms with van der Waals surface area (Å²) in [6.07, 6.45) is 75.1. The molecule has 0 amide bonds. The summed E-state index contributed by atoms with van der Waals surface area (Å²) in [4.78, 5) is 9.02. The third-order valence-electron chi connectivity index (χ3n) is 26.6. The first-order valence-corrected chi connectivity index (χ1v) is 48.8. The standard InChI is InChI=1S/C112H138N4Se/c1-5-9-13-17-21-25-29-33-37-47-73-111(74-48-38-34-30-26-22-18-14-10-6-2)105-83-91(89-51-43-41-44-52-89)59-63-99(105)101-65-61-95(85-107(101)111)103-81-93(58-56-88-71-79-114-80-72-88)104(82-92(103)57-55-87-69-77-113-78-70-87)96-62-66-102-100-64-60-94(98-68-67-97(90-53-45-42-46-54-90)109-110(98)116-117-115-109)84-106(100)112(108(102)86-96,75-49-39-35-31-27-23-19-15-11-7-3)76-50-40-36-32-28-24-20-16-12-8-4/h41-46,51-72,77-86H,5-40,47-50,73-76H2,1-4H3/b57-55+,58-56+. The summed E-state index contributed by atoms with van der Waals surface area (Å²) in [7, 11) is 0. The molecule has 5 heteroatoms. The maximum atomic E-state index is 5.27. The van der Waals surface area contributed by atoms with Gasteiger partial charge in [-0.1, -0.05) is 312 Å². The van der Waals surface area contributed by atoms with E-state index in [0.29, 0.717) is 0 Å². The minimum atomic E-state index is -0.190. The molecule has 0 saturated carbocycles. The monoisotopic (exact) mass is 1620 g/mol. The Morgan fingerprint density at radius 1 is 0.231 bits per heavy atom. The molecule has 612 valence electrons. The van der Waals surface area contributed by atoms with Gasteiger partial charge in [0.1, 0.15) is 0 Å². The van der Waals surface area contributed by atoms with Gasteiger partial charge in [-0.2, -0.15) is 0 Å². The van der Waals surface area contributed by atoms with Gasteiger partial charge in [0, 0.05) is 30.2 Å². The molecule has 0 aliphatic heterocycles. The molecule has 117 heavy (non-hydrogen) atoms. The van der Waals surface area contributed by atoms with Crippen LogP contribution in [0.5, 0.6) is 0 Å². The van der Waals surface area contributed by atoms with Crippen LogP contribution in [-0.2, 0) is 10.8 Å². The van der Waals surface area contributed by atoms with Crippen molar-refractivity contribution in [3.8, 4) is 77.9 Å². The molecule has 3 heterocycles. The Kier molecular flexibility index (Phi) is 34.2. The fourth-order valence-electron chi connectivity index (χ4n) is 20.0. The Morgan fingerprint density at radius 3 is 0.821 bits per heavy atom. The van der Waals surface area contributed by atoms with Gasteiger partial charge in [0.05, 0.1) is 0 Å². The van der Waals surface area contributed by atoms with Gasteiger partial charge in [0.2, 0.25) is 0 Å². The van der Waals surface area contributed by atoms with E-state index >= 15 is 0 Å². The maximum absolute atomic E-state index is 5.27. The van der Waals surface area contributed by atoms with Crippen LogP contribution in [0.25, 0.3) is 113 Å². The molecule has 8 aromatic carbocycles. The third kappa shape index (κ3) is 23.0. The fraction of sp³-hybridized carbons (Fsp3) is 0.446. The van der Waals surface area contributed by atoms with Gasteiger partial charge in [-0.05, 0) is 117 Å². The van der Waals surface area contributed by atoms with Gasteiger partial charge in [0.15, 0.2) is 0 Å². The van der Waals surface area contributed by atoms with Crippen LogP contribution in [0, 0.1) is 0 Å². The Bertz CT molecular complexity index is 4800. The summed E-state index contributed by atoms with van der Waals surface area (Å²) >= 11 is -0.190. The van der Waals surface area contributed by atoms with Crippen LogP contribution in [0.4, 0.5) is 0 Å². The molecule has 3 aromatic heterocycles. The summed E-state index contributed by atoms with van der Waals surface area (Å²) in [5.41, 5.74) is 30.9. The van der Waals surface area contributed by atoms with Gasteiger partial charge in [0.25, 0.3) is 0 Å². The van der Waals surface area contributed by atoms with E-state index in [-0.39, 0.29) is 25.8 Å². The minimum absolute atomic E-state index is 0.126. The number of hydrogen-bond acceptors (Lipinski definition) is 4. The van der Waals surface area contributed by atoms with E-state index in [1.807, 2.05) is 24.8 Å². The topological polar surface area (TPSA) is 51.6 Å². The molecular weight excluding hydrogens is 1480 g/mol. The number of rotatable bonds is 53. The zero-order valence-corrected chi connectivity index (χ0v) is 74.0. The molecule has 11 aromatic rings. The van der Waals surface area contributed by atoms with E-state index in [1.165, 1.54) is 363 Å². The predicted octanol–water partition coefficient (Wildman–Crippen LogP) is 33.9. The smallest absolute Gasteiger partial charge is 0.265 e. The molecule has 0 bridgehead atoms. The Morgan fingerprint density at radius 2 is 0.496 bits per heavy atom. The Labute approximate surface area is 713 Å². The van der Waals surface area contributed by atoms with E-state index in [4.69, 9.17) is 7.96 Å². The molecule has 0 fully saturated rings. The van der Waals surface area contributed by atoms with E-state index in [2.05, 4.69) is 244 Å². The molecule has 0 saturated heterocycles. The summed E-state index contributed by atoms with van der Waals surface area (Å²) in [5, 5.41) is 0. The minimum Gasteiger partial charge on any atom is -0.265 e. The first-order chi connectivity index (χ1) is 57.9. The van der Waals surface area contributed by atoms with E-state index in [1.54, 1.807) is 5.56 Å². The van der Waals surface area contributed by atoms with Crippen LogP contribution in [-0.4, -0.2) is 32.9 Å².